The first-order chi connectivity index (χ1) is 15.0. The minimum Gasteiger partial charge on any atom is -0.367 e. The summed E-state index contributed by atoms with van der Waals surface area (Å²) in [5.74, 6) is 0.610. The van der Waals surface area contributed by atoms with E-state index in [1.54, 1.807) is 0 Å². The number of rotatable bonds is 10. The van der Waals surface area contributed by atoms with Gasteiger partial charge in [-0.1, -0.05) is 43.2 Å². The standard InChI is InChI=1S/C24H38N4O3/c1-26(2)13-12-25-24(30)23(21-10-6-7-11-21)28-16-14-27(15-17-28)22(29)19-31-18-20-8-4-3-5-9-20/h3-5,8-9,21,23H,6-7,10-19H2,1-2H3,(H,25,30)/t23-/m0/s1. The summed E-state index contributed by atoms with van der Waals surface area (Å²) in [4.78, 5) is 31.8. The lowest BCUT2D eigenvalue weighted by Gasteiger charge is -2.40. The van der Waals surface area contributed by atoms with E-state index in [1.807, 2.05) is 49.3 Å². The summed E-state index contributed by atoms with van der Waals surface area (Å²) in [6, 6.07) is 9.83. The predicted octanol–water partition coefficient (Wildman–Crippen LogP) is 1.58. The van der Waals surface area contributed by atoms with Crippen molar-refractivity contribution < 1.29 is 14.3 Å². The number of piperazine rings is 1. The maximum absolute atomic E-state index is 13.0. The second-order valence-electron chi connectivity index (χ2n) is 8.98. The smallest absolute Gasteiger partial charge is 0.248 e. The average molecular weight is 431 g/mol. The molecule has 1 heterocycles. The van der Waals surface area contributed by atoms with E-state index in [9.17, 15) is 9.59 Å². The molecule has 1 aliphatic heterocycles. The molecule has 3 rings (SSSR count). The molecule has 1 aliphatic carbocycles. The molecule has 31 heavy (non-hydrogen) atoms. The second kappa shape index (κ2) is 12.2. The number of carbonyl (C=O) groups is 2. The first-order valence-electron chi connectivity index (χ1n) is 11.6. The molecule has 7 nitrogen and oxygen atoms in total. The quantitative estimate of drug-likeness (QED) is 0.611. The number of nitrogens with one attached hydrogen (secondary N) is 1. The van der Waals surface area contributed by atoms with E-state index in [4.69, 9.17) is 4.74 Å². The Morgan fingerprint density at radius 3 is 2.42 bits per heavy atom. The Bertz CT molecular complexity index is 683. The van der Waals surface area contributed by atoms with Crippen molar-refractivity contribution in [2.75, 3.05) is 60.0 Å². The summed E-state index contributed by atoms with van der Waals surface area (Å²) in [5, 5.41) is 3.14. The number of hydrogen-bond donors (Lipinski definition) is 1. The van der Waals surface area contributed by atoms with E-state index in [-0.39, 0.29) is 24.5 Å². The highest BCUT2D eigenvalue weighted by Gasteiger charge is 2.37. The van der Waals surface area contributed by atoms with E-state index in [2.05, 4.69) is 15.1 Å². The molecule has 0 bridgehead atoms. The van der Waals surface area contributed by atoms with Gasteiger partial charge in [-0.3, -0.25) is 14.5 Å². The number of carbonyl (C=O) groups excluding carboxylic acids is 2. The van der Waals surface area contributed by atoms with Crippen LogP contribution in [0.15, 0.2) is 30.3 Å². The van der Waals surface area contributed by atoms with E-state index in [0.717, 1.165) is 38.0 Å². The lowest BCUT2D eigenvalue weighted by atomic mass is 9.95. The lowest BCUT2D eigenvalue weighted by molar-refractivity contribution is -0.139. The molecule has 0 radical (unpaired) electrons. The molecule has 2 aliphatic rings. The molecule has 0 aromatic heterocycles. The van der Waals surface area contributed by atoms with Crippen LogP contribution in [0.3, 0.4) is 0 Å². The number of ether oxygens (including phenoxy) is 1. The van der Waals surface area contributed by atoms with Gasteiger partial charge in [0, 0.05) is 39.3 Å². The fraction of sp³-hybridized carbons (Fsp3) is 0.667. The number of likely N-dealkylation sites (N-methyl/N-ethyl adjacent to an activating group) is 1. The van der Waals surface area contributed by atoms with Crippen LogP contribution in [-0.4, -0.2) is 92.5 Å². The number of hydrogen-bond acceptors (Lipinski definition) is 5. The molecular weight excluding hydrogens is 392 g/mol. The van der Waals surface area contributed by atoms with Crippen LogP contribution < -0.4 is 5.32 Å². The first-order valence-corrected chi connectivity index (χ1v) is 11.6. The van der Waals surface area contributed by atoms with Crippen LogP contribution in [0.1, 0.15) is 31.2 Å². The maximum Gasteiger partial charge on any atom is 0.248 e. The van der Waals surface area contributed by atoms with E-state index in [1.165, 1.54) is 12.8 Å². The van der Waals surface area contributed by atoms with Crippen LogP contribution in [0.5, 0.6) is 0 Å². The molecule has 1 saturated heterocycles. The molecule has 1 atom stereocenters. The Balaban J connectivity index is 1.46. The van der Waals surface area contributed by atoms with Crippen molar-refractivity contribution in [1.29, 1.82) is 0 Å². The second-order valence-corrected chi connectivity index (χ2v) is 8.98. The topological polar surface area (TPSA) is 65.1 Å². The maximum atomic E-state index is 13.0. The number of amides is 2. The van der Waals surface area contributed by atoms with Crippen molar-refractivity contribution >= 4 is 11.8 Å². The van der Waals surface area contributed by atoms with Gasteiger partial charge in [0.25, 0.3) is 0 Å². The van der Waals surface area contributed by atoms with Crippen LogP contribution in [-0.2, 0) is 20.9 Å². The SMILES string of the molecule is CN(C)CCNC(=O)[C@H](C1CCCC1)N1CCN(C(=O)COCc2ccccc2)CC1. The molecule has 2 fully saturated rings. The molecule has 2 amide bonds. The highest BCUT2D eigenvalue weighted by molar-refractivity contribution is 5.82. The largest absolute Gasteiger partial charge is 0.367 e. The summed E-state index contributed by atoms with van der Waals surface area (Å²) in [5.41, 5.74) is 1.07. The van der Waals surface area contributed by atoms with Gasteiger partial charge in [-0.25, -0.2) is 0 Å². The van der Waals surface area contributed by atoms with Gasteiger partial charge in [0.05, 0.1) is 12.6 Å². The van der Waals surface area contributed by atoms with E-state index in [0.29, 0.717) is 32.2 Å². The molecule has 1 aromatic rings. The Kier molecular flexibility index (Phi) is 9.31. The van der Waals surface area contributed by atoms with Crippen LogP contribution in [0, 0.1) is 5.92 Å². The Morgan fingerprint density at radius 1 is 1.10 bits per heavy atom. The average Bonchev–Trinajstić information content (AvgIpc) is 3.29. The number of nitrogens with zero attached hydrogens (tertiary/aromatic N) is 3. The zero-order valence-electron chi connectivity index (χ0n) is 19.1. The van der Waals surface area contributed by atoms with Crippen LogP contribution in [0.25, 0.3) is 0 Å². The third kappa shape index (κ3) is 7.30. The molecule has 7 heteroatoms. The summed E-state index contributed by atoms with van der Waals surface area (Å²) >= 11 is 0. The van der Waals surface area contributed by atoms with Crippen molar-refractivity contribution in [3.05, 3.63) is 35.9 Å². The molecule has 1 aromatic carbocycles. The first kappa shape index (κ1) is 23.7. The highest BCUT2D eigenvalue weighted by Crippen LogP contribution is 2.31. The fourth-order valence-corrected chi connectivity index (χ4v) is 4.63. The summed E-state index contributed by atoms with van der Waals surface area (Å²) < 4.78 is 5.62. The molecule has 0 spiro atoms. The highest BCUT2D eigenvalue weighted by atomic mass is 16.5. The third-order valence-electron chi connectivity index (χ3n) is 6.37. The van der Waals surface area contributed by atoms with Crippen LogP contribution >= 0.6 is 0 Å². The lowest BCUT2D eigenvalue weighted by Crippen LogP contribution is -2.58. The minimum absolute atomic E-state index is 0.0310. The number of benzene rings is 1. The molecule has 172 valence electrons. The zero-order chi connectivity index (χ0) is 22.1. The van der Waals surface area contributed by atoms with Gasteiger partial charge >= 0.3 is 0 Å². The van der Waals surface area contributed by atoms with Crippen molar-refractivity contribution in [2.24, 2.45) is 5.92 Å². The third-order valence-corrected chi connectivity index (χ3v) is 6.37. The Hall–Kier alpha value is -1.96. The molecule has 0 unspecified atom stereocenters. The van der Waals surface area contributed by atoms with Gasteiger partial charge in [0.1, 0.15) is 6.61 Å². The van der Waals surface area contributed by atoms with E-state index >= 15 is 0 Å². The zero-order valence-corrected chi connectivity index (χ0v) is 19.1. The summed E-state index contributed by atoms with van der Waals surface area (Å²) in [7, 11) is 4.03. The summed E-state index contributed by atoms with van der Waals surface area (Å²) in [6.45, 7) is 4.86. The predicted molar refractivity (Wildman–Crippen MR) is 122 cm³/mol. The van der Waals surface area contributed by atoms with E-state index < -0.39 is 0 Å². The normalized spacial score (nSPS) is 19.0. The van der Waals surface area contributed by atoms with Crippen LogP contribution in [0.2, 0.25) is 0 Å². The van der Waals surface area contributed by atoms with Crippen molar-refractivity contribution in [2.45, 2.75) is 38.3 Å². The van der Waals surface area contributed by atoms with Gasteiger partial charge in [0.15, 0.2) is 0 Å². The van der Waals surface area contributed by atoms with Gasteiger partial charge in [-0.05, 0) is 38.4 Å². The van der Waals surface area contributed by atoms with Crippen LogP contribution in [0.4, 0.5) is 0 Å². The molecule has 1 saturated carbocycles. The summed E-state index contributed by atoms with van der Waals surface area (Å²) in [6.07, 6.45) is 4.67. The Morgan fingerprint density at radius 2 is 1.77 bits per heavy atom. The minimum atomic E-state index is -0.0729. The van der Waals surface area contributed by atoms with Gasteiger partial charge in [-0.15, -0.1) is 0 Å². The van der Waals surface area contributed by atoms with Gasteiger partial charge in [0.2, 0.25) is 11.8 Å². The van der Waals surface area contributed by atoms with Crippen molar-refractivity contribution in [1.82, 2.24) is 20.0 Å². The Labute approximate surface area is 186 Å². The van der Waals surface area contributed by atoms with Gasteiger partial charge < -0.3 is 19.9 Å². The monoisotopic (exact) mass is 430 g/mol. The fourth-order valence-electron chi connectivity index (χ4n) is 4.63. The van der Waals surface area contributed by atoms with Crippen molar-refractivity contribution in [3.63, 3.8) is 0 Å². The van der Waals surface area contributed by atoms with Crippen molar-refractivity contribution in [3.8, 4) is 0 Å². The molecule has 1 N–H and O–H groups in total. The molecular formula is C24H38N4O3. The van der Waals surface area contributed by atoms with Gasteiger partial charge in [-0.2, -0.15) is 0 Å².